The fourth-order valence-corrected chi connectivity index (χ4v) is 4.48. The molecular formula is C27H31CaN5O6S. The predicted molar refractivity (Wildman–Crippen MR) is 153 cm³/mol. The van der Waals surface area contributed by atoms with Gasteiger partial charge in [-0.05, 0) is 41.3 Å². The van der Waals surface area contributed by atoms with Crippen LogP contribution in [-0.2, 0) is 15.4 Å². The summed E-state index contributed by atoms with van der Waals surface area (Å²) in [4.78, 5) is 17.1. The minimum absolute atomic E-state index is 0. The summed E-state index contributed by atoms with van der Waals surface area (Å²) in [5.74, 6) is 0.271. The molecule has 0 unspecified atom stereocenters. The number of rotatable bonds is 10. The van der Waals surface area contributed by atoms with Gasteiger partial charge in [0, 0.05) is 12.4 Å². The second kappa shape index (κ2) is 13.6. The fourth-order valence-electron chi connectivity index (χ4n) is 3.48. The fraction of sp³-hybridized carbons (Fsp3) is 0.259. The summed E-state index contributed by atoms with van der Waals surface area (Å²) in [5.41, 5.74) is 0.827. The van der Waals surface area contributed by atoms with E-state index < -0.39 is 10.0 Å². The summed E-state index contributed by atoms with van der Waals surface area (Å²) in [5, 5.41) is 9.40. The third kappa shape index (κ3) is 7.58. The van der Waals surface area contributed by atoms with E-state index in [1.54, 1.807) is 42.5 Å². The molecule has 208 valence electrons. The van der Waals surface area contributed by atoms with Crippen LogP contribution in [0.2, 0.25) is 0 Å². The zero-order valence-corrected chi connectivity index (χ0v) is 22.8. The van der Waals surface area contributed by atoms with Crippen LogP contribution in [0.15, 0.2) is 71.9 Å². The Morgan fingerprint density at radius 1 is 0.900 bits per heavy atom. The Morgan fingerprint density at radius 2 is 1.55 bits per heavy atom. The number of nitrogens with one attached hydrogen (secondary N) is 1. The monoisotopic (exact) mass is 593 g/mol. The van der Waals surface area contributed by atoms with Crippen molar-refractivity contribution in [2.24, 2.45) is 0 Å². The van der Waals surface area contributed by atoms with E-state index in [0.29, 0.717) is 5.75 Å². The molecule has 2 aromatic heterocycles. The number of aliphatic hydroxyl groups excluding tert-OH is 1. The molecule has 0 aliphatic carbocycles. The number of aliphatic hydroxyl groups is 1. The summed E-state index contributed by atoms with van der Waals surface area (Å²) in [7, 11) is -2.66. The molecule has 0 radical (unpaired) electrons. The number of hydrogen-bond acceptors (Lipinski definition) is 10. The maximum absolute atomic E-state index is 13.5. The molecule has 2 aromatic carbocycles. The first-order chi connectivity index (χ1) is 18.6. The molecule has 0 saturated heterocycles. The van der Waals surface area contributed by atoms with Crippen LogP contribution in [-0.4, -0.2) is 91.5 Å². The number of anilines is 1. The van der Waals surface area contributed by atoms with Crippen molar-refractivity contribution in [3.8, 4) is 34.8 Å². The average molecular weight is 594 g/mol. The number of methoxy groups -OCH3 is 1. The predicted octanol–water partition coefficient (Wildman–Crippen LogP) is 3.29. The van der Waals surface area contributed by atoms with Gasteiger partial charge in [0.2, 0.25) is 11.6 Å². The van der Waals surface area contributed by atoms with E-state index in [1.807, 2.05) is 20.8 Å². The van der Waals surface area contributed by atoms with Crippen molar-refractivity contribution in [2.45, 2.75) is 31.1 Å². The van der Waals surface area contributed by atoms with Gasteiger partial charge in [-0.3, -0.25) is 4.72 Å². The molecule has 0 aliphatic rings. The second-order valence-electron chi connectivity index (χ2n) is 9.31. The van der Waals surface area contributed by atoms with E-state index >= 15 is 0 Å². The van der Waals surface area contributed by atoms with Crippen LogP contribution in [0.5, 0.6) is 23.1 Å². The average Bonchev–Trinajstić information content (AvgIpc) is 2.93. The standard InChI is InChI=1S/C27H29N5O6S.Ca.2H/c1-27(2,3)18-10-12-19(13-11-18)39(34,35)32-23-22(38-21-9-6-5-8-20(21)36-4)26(37-17-16-33)31-25(30-23)24-28-14-7-15-29-24;;;/h5-15,33H,16-17H2,1-4H3,(H,30,31,32);;;. The molecule has 40 heavy (non-hydrogen) atoms. The van der Waals surface area contributed by atoms with Crippen LogP contribution in [0.1, 0.15) is 26.3 Å². The third-order valence-electron chi connectivity index (χ3n) is 5.47. The normalized spacial score (nSPS) is 11.3. The Kier molecular flexibility index (Phi) is 10.7. The van der Waals surface area contributed by atoms with Gasteiger partial charge in [-0.2, -0.15) is 4.98 Å². The first kappa shape index (κ1) is 31.5. The number of benzene rings is 2. The van der Waals surface area contributed by atoms with Crippen LogP contribution in [0, 0.1) is 0 Å². The molecule has 0 spiro atoms. The second-order valence-corrected chi connectivity index (χ2v) is 11.0. The third-order valence-corrected chi connectivity index (χ3v) is 6.83. The van der Waals surface area contributed by atoms with Crippen molar-refractivity contribution in [1.29, 1.82) is 0 Å². The zero-order chi connectivity index (χ0) is 28.0. The Morgan fingerprint density at radius 3 is 2.15 bits per heavy atom. The van der Waals surface area contributed by atoms with Gasteiger partial charge in [-0.15, -0.1) is 0 Å². The Hall–Kier alpha value is -3.03. The first-order valence-corrected chi connectivity index (χ1v) is 13.5. The van der Waals surface area contributed by atoms with Crippen molar-refractivity contribution in [1.82, 2.24) is 19.9 Å². The topological polar surface area (TPSA) is 146 Å². The van der Waals surface area contributed by atoms with E-state index in [2.05, 4.69) is 24.7 Å². The van der Waals surface area contributed by atoms with Gasteiger partial charge in [-0.1, -0.05) is 45.0 Å². The van der Waals surface area contributed by atoms with Gasteiger partial charge in [0.25, 0.3) is 15.9 Å². The summed E-state index contributed by atoms with van der Waals surface area (Å²) in [6, 6.07) is 15.0. The summed E-state index contributed by atoms with van der Waals surface area (Å²) >= 11 is 0. The van der Waals surface area contributed by atoms with Crippen LogP contribution in [0.25, 0.3) is 11.6 Å². The van der Waals surface area contributed by atoms with Gasteiger partial charge < -0.3 is 19.3 Å². The van der Waals surface area contributed by atoms with Gasteiger partial charge in [-0.25, -0.2) is 23.4 Å². The van der Waals surface area contributed by atoms with E-state index in [1.165, 1.54) is 31.6 Å². The number of para-hydroxylation sites is 2. The number of aromatic nitrogens is 4. The van der Waals surface area contributed by atoms with Crippen LogP contribution < -0.4 is 18.9 Å². The number of hydrogen-bond donors (Lipinski definition) is 2. The van der Waals surface area contributed by atoms with Gasteiger partial charge in [0.05, 0.1) is 18.6 Å². The quantitative estimate of drug-likeness (QED) is 0.263. The van der Waals surface area contributed by atoms with Crippen molar-refractivity contribution < 1.29 is 27.7 Å². The molecule has 11 nitrogen and oxygen atoms in total. The molecule has 0 fully saturated rings. The minimum atomic E-state index is -4.14. The van der Waals surface area contributed by atoms with Crippen LogP contribution in [0.3, 0.4) is 0 Å². The van der Waals surface area contributed by atoms with Crippen LogP contribution in [0.4, 0.5) is 5.82 Å². The SMILES string of the molecule is COc1ccccc1Oc1c(NS(=O)(=O)c2ccc(C(C)(C)C)cc2)nc(-c2ncccn2)nc1OCCO.[CaH2]. The summed E-state index contributed by atoms with van der Waals surface area (Å²) < 4.78 is 46.6. The van der Waals surface area contributed by atoms with Gasteiger partial charge >= 0.3 is 37.7 Å². The first-order valence-electron chi connectivity index (χ1n) is 12.0. The molecule has 0 amide bonds. The number of nitrogens with zero attached hydrogens (tertiary/aromatic N) is 4. The maximum atomic E-state index is 13.5. The summed E-state index contributed by atoms with van der Waals surface area (Å²) in [6.45, 7) is 5.65. The van der Waals surface area contributed by atoms with E-state index in [0.717, 1.165) is 5.56 Å². The number of ether oxygens (including phenoxy) is 3. The summed E-state index contributed by atoms with van der Waals surface area (Å²) in [6.07, 6.45) is 3.00. The molecule has 0 aliphatic heterocycles. The van der Waals surface area contributed by atoms with E-state index in [4.69, 9.17) is 14.2 Å². The Balaban J connectivity index is 0.00000441. The van der Waals surface area contributed by atoms with E-state index in [-0.39, 0.29) is 96.1 Å². The van der Waals surface area contributed by atoms with Crippen molar-refractivity contribution in [3.05, 3.63) is 72.6 Å². The molecule has 4 rings (SSSR count). The van der Waals surface area contributed by atoms with Gasteiger partial charge in [0.1, 0.15) is 6.61 Å². The van der Waals surface area contributed by atoms with E-state index in [9.17, 15) is 13.5 Å². The molecule has 0 saturated carbocycles. The molecule has 0 bridgehead atoms. The molecule has 2 N–H and O–H groups in total. The van der Waals surface area contributed by atoms with Crippen LogP contribution >= 0.6 is 0 Å². The molecular weight excluding hydrogens is 562 g/mol. The van der Waals surface area contributed by atoms with Crippen molar-refractivity contribution in [3.63, 3.8) is 0 Å². The van der Waals surface area contributed by atoms with Crippen molar-refractivity contribution >= 4 is 53.6 Å². The molecule has 2 heterocycles. The molecule has 4 aromatic rings. The molecule has 13 heteroatoms. The van der Waals surface area contributed by atoms with Crippen molar-refractivity contribution in [2.75, 3.05) is 25.0 Å². The Labute approximate surface area is 263 Å². The number of sulfonamides is 1. The zero-order valence-electron chi connectivity index (χ0n) is 22.0. The molecule has 0 atom stereocenters. The van der Waals surface area contributed by atoms with Gasteiger partial charge in [0.15, 0.2) is 23.1 Å². The Bertz CT molecular complexity index is 1530.